The molecule has 0 saturated carbocycles. The molecule has 574 valence electrons. The lowest BCUT2D eigenvalue weighted by atomic mass is 9.33. The van der Waals surface area contributed by atoms with Crippen LogP contribution in [0.2, 0.25) is 0 Å². The summed E-state index contributed by atoms with van der Waals surface area (Å²) in [6, 6.07) is 161. The van der Waals surface area contributed by atoms with Gasteiger partial charge in [0.2, 0.25) is 0 Å². The Hall–Kier alpha value is -15.6. The molecule has 4 heterocycles. The van der Waals surface area contributed by atoms with Crippen molar-refractivity contribution in [2.75, 3.05) is 9.80 Å². The van der Waals surface area contributed by atoms with E-state index in [0.29, 0.717) is 0 Å². The molecule has 2 aliphatic rings. The number of hydrogen-bond acceptors (Lipinski definition) is 2. The Bertz CT molecular complexity index is 7730. The van der Waals surface area contributed by atoms with Gasteiger partial charge < -0.3 is 18.9 Å². The Morgan fingerprint density at radius 1 is 0.211 bits per heavy atom. The van der Waals surface area contributed by atoms with Gasteiger partial charge in [-0.15, -0.1) is 0 Å². The van der Waals surface area contributed by atoms with E-state index in [1.807, 2.05) is 0 Å². The van der Waals surface area contributed by atoms with Gasteiger partial charge >= 0.3 is 0 Å². The summed E-state index contributed by atoms with van der Waals surface area (Å²) in [5, 5.41) is 19.5. The van der Waals surface area contributed by atoms with E-state index in [-0.39, 0.29) is 6.71 Å². The largest absolute Gasteiger partial charge is 0.310 e. The molecule has 2 aromatic heterocycles. The Balaban J connectivity index is 0.882. The highest BCUT2D eigenvalue weighted by Crippen LogP contribution is 2.57. The highest BCUT2D eigenvalue weighted by molar-refractivity contribution is 7.00. The van der Waals surface area contributed by atoms with Gasteiger partial charge in [0.25, 0.3) is 6.71 Å². The Kier molecular flexibility index (Phi) is 15.8. The fraction of sp³-hybridized carbons (Fsp3) is 0.0339. The molecule has 2 aliphatic heterocycles. The van der Waals surface area contributed by atoms with Crippen LogP contribution in [0.3, 0.4) is 0 Å². The van der Waals surface area contributed by atoms with Gasteiger partial charge in [0.05, 0.1) is 33.4 Å². The van der Waals surface area contributed by atoms with Crippen LogP contribution in [0.1, 0.15) is 26.3 Å². The number of benzene rings is 21. The molecule has 0 spiro atoms. The number of rotatable bonds is 10. The average molecular weight is 1560 g/mol. The van der Waals surface area contributed by atoms with E-state index in [1.54, 1.807) is 0 Å². The number of aromatic nitrogens is 2. The summed E-state index contributed by atoms with van der Waals surface area (Å²) in [4.78, 5) is 5.51. The molecule has 0 amide bonds. The fourth-order valence-corrected chi connectivity index (χ4v) is 21.2. The molecule has 0 radical (unpaired) electrons. The molecule has 23 aromatic rings. The van der Waals surface area contributed by atoms with Gasteiger partial charge in [0.15, 0.2) is 0 Å². The molecule has 0 atom stereocenters. The average Bonchev–Trinajstić information content (AvgIpc) is 0.961. The first kappa shape index (κ1) is 70.5. The molecule has 0 aliphatic carbocycles. The van der Waals surface area contributed by atoms with Crippen molar-refractivity contribution >= 4 is 165 Å². The van der Waals surface area contributed by atoms with Crippen molar-refractivity contribution in [1.29, 1.82) is 0 Å². The van der Waals surface area contributed by atoms with E-state index >= 15 is 0 Å². The highest BCUT2D eigenvalue weighted by Gasteiger charge is 2.47. The lowest BCUT2D eigenvalue weighted by Gasteiger charge is -2.46. The SMILES string of the molecule is CC(C)(C)c1cc2c3c(c1)N(c1c(-c4ccccc4)cc(-c4ccccc4)cc1-c1ccccc1)c1cc(-n4c5c6ccccc6ccc5c5c6ccccc6c6ccccc6c54)ccc1B3c1ccc(-n3c4c5ccccc5ccc4c4c5ccccc5c5ccccc5c43)cc1N2c1c(-c2ccccc2)cc(-c2ccccc2)cc1-c1ccccc1. The van der Waals surface area contributed by atoms with E-state index in [4.69, 9.17) is 0 Å². The minimum atomic E-state index is -0.409. The lowest BCUT2D eigenvalue weighted by molar-refractivity contribution is 0.590. The van der Waals surface area contributed by atoms with Gasteiger partial charge in [-0.2, -0.15) is 0 Å². The molecule has 21 aromatic carbocycles. The van der Waals surface area contributed by atoms with Crippen molar-refractivity contribution in [2.45, 2.75) is 26.2 Å². The number of hydrogen-bond donors (Lipinski definition) is 0. The van der Waals surface area contributed by atoms with Gasteiger partial charge in [0, 0.05) is 99.5 Å². The van der Waals surface area contributed by atoms with E-state index < -0.39 is 5.41 Å². The first-order chi connectivity index (χ1) is 60.7. The monoisotopic (exact) mass is 1560 g/mol. The number of nitrogens with zero attached hydrogens (tertiary/aromatic N) is 4. The Labute approximate surface area is 714 Å². The van der Waals surface area contributed by atoms with Gasteiger partial charge in [-0.25, -0.2) is 0 Å². The third kappa shape index (κ3) is 10.8. The van der Waals surface area contributed by atoms with E-state index in [2.05, 4.69) is 464 Å². The predicted octanol–water partition coefficient (Wildman–Crippen LogP) is 30.2. The summed E-state index contributed by atoms with van der Waals surface area (Å²) in [6.45, 7) is 6.90. The Morgan fingerprint density at radius 2 is 0.504 bits per heavy atom. The van der Waals surface area contributed by atoms with Crippen molar-refractivity contribution in [2.24, 2.45) is 0 Å². The summed E-state index contributed by atoms with van der Waals surface area (Å²) in [5.74, 6) is 0. The van der Waals surface area contributed by atoms with Gasteiger partial charge in [0.1, 0.15) is 0 Å². The van der Waals surface area contributed by atoms with Crippen molar-refractivity contribution in [3.05, 3.63) is 430 Å². The molecular weight excluding hydrogens is 1480 g/mol. The van der Waals surface area contributed by atoms with Crippen molar-refractivity contribution in [1.82, 2.24) is 9.13 Å². The molecule has 123 heavy (non-hydrogen) atoms. The maximum absolute atomic E-state index is 2.76. The van der Waals surface area contributed by atoms with Crippen LogP contribution in [0.5, 0.6) is 0 Å². The van der Waals surface area contributed by atoms with Crippen LogP contribution < -0.4 is 26.2 Å². The first-order valence-corrected chi connectivity index (χ1v) is 43.0. The quantitative estimate of drug-likeness (QED) is 0.100. The van der Waals surface area contributed by atoms with E-state index in [1.165, 1.54) is 130 Å². The smallest absolute Gasteiger partial charge is 0.252 e. The van der Waals surface area contributed by atoms with Crippen LogP contribution in [0, 0.1) is 0 Å². The molecular formula is C118H79BN4. The van der Waals surface area contributed by atoms with Crippen LogP contribution >= 0.6 is 0 Å². The summed E-state index contributed by atoms with van der Waals surface area (Å²) >= 11 is 0. The van der Waals surface area contributed by atoms with Crippen LogP contribution in [-0.4, -0.2) is 15.8 Å². The molecule has 4 nitrogen and oxygen atoms in total. The summed E-state index contributed by atoms with van der Waals surface area (Å²) in [5.41, 5.74) is 31.4. The summed E-state index contributed by atoms with van der Waals surface area (Å²) in [7, 11) is 0. The third-order valence-electron chi connectivity index (χ3n) is 26.7. The zero-order valence-corrected chi connectivity index (χ0v) is 68.3. The summed E-state index contributed by atoms with van der Waals surface area (Å²) < 4.78 is 5.31. The summed E-state index contributed by atoms with van der Waals surface area (Å²) in [6.07, 6.45) is 0. The fourth-order valence-electron chi connectivity index (χ4n) is 21.2. The second kappa shape index (κ2) is 27.5. The van der Waals surface area contributed by atoms with Crippen molar-refractivity contribution in [3.63, 3.8) is 0 Å². The van der Waals surface area contributed by atoms with E-state index in [9.17, 15) is 0 Å². The zero-order chi connectivity index (χ0) is 81.3. The van der Waals surface area contributed by atoms with Crippen LogP contribution in [-0.2, 0) is 5.41 Å². The second-order valence-electron chi connectivity index (χ2n) is 34.5. The standard InChI is InChI=1S/C118H79BN4/c1-118(2,3)84-70-107-111-108(71-84)123(115-101(78-42-18-8-19-43-78)68-83(75-36-12-5-13-37-75)69-102(115)79-44-20-9-21-45-79)106-73-86(121-113-88-49-25-23-47-81(88)59-63-98(113)110-94-55-31-27-51-90(94)92-53-29-33-57-96(92)117(110)121)61-65-104(106)119(111)103-64-60-85(120-112-87-48-24-22-46-80(87)58-62-97(112)109-93-54-30-26-50-89(93)91-52-28-32-56-95(91)116(109)120)72-105(103)122(107)114-99(76-38-14-6-15-39-76)66-82(74-34-10-4-11-35-74)67-100(114)77-40-16-7-17-41-77/h4-73H,1-3H3. The molecule has 25 rings (SSSR count). The highest BCUT2D eigenvalue weighted by atomic mass is 15.2. The maximum atomic E-state index is 2.76. The maximum Gasteiger partial charge on any atom is 0.252 e. The molecule has 0 unspecified atom stereocenters. The lowest BCUT2D eigenvalue weighted by Crippen LogP contribution is -2.61. The first-order valence-electron chi connectivity index (χ1n) is 43.0. The Morgan fingerprint density at radius 3 is 0.846 bits per heavy atom. The third-order valence-corrected chi connectivity index (χ3v) is 26.7. The topological polar surface area (TPSA) is 16.3 Å². The van der Waals surface area contributed by atoms with Crippen molar-refractivity contribution < 1.29 is 0 Å². The predicted molar refractivity (Wildman–Crippen MR) is 525 cm³/mol. The molecule has 0 saturated heterocycles. The molecule has 0 bridgehead atoms. The minimum Gasteiger partial charge on any atom is -0.310 e. The van der Waals surface area contributed by atoms with Gasteiger partial charge in [-0.05, 0) is 176 Å². The van der Waals surface area contributed by atoms with Crippen LogP contribution in [0.25, 0.3) is 186 Å². The normalized spacial score (nSPS) is 12.6. The minimum absolute atomic E-state index is 0.343. The van der Waals surface area contributed by atoms with E-state index in [0.717, 1.165) is 112 Å². The number of fused-ring (bicyclic) bond motifs is 24. The second-order valence-corrected chi connectivity index (χ2v) is 34.5. The van der Waals surface area contributed by atoms with Crippen LogP contribution in [0.15, 0.2) is 425 Å². The van der Waals surface area contributed by atoms with Gasteiger partial charge in [-0.3, -0.25) is 0 Å². The van der Waals surface area contributed by atoms with Crippen molar-refractivity contribution in [3.8, 4) is 78.1 Å². The molecule has 0 N–H and O–H groups in total. The molecule has 0 fully saturated rings. The van der Waals surface area contributed by atoms with Gasteiger partial charge in [-0.1, -0.05) is 385 Å². The number of anilines is 6. The molecule has 5 heteroatoms. The zero-order valence-electron chi connectivity index (χ0n) is 68.3. The van der Waals surface area contributed by atoms with Crippen LogP contribution in [0.4, 0.5) is 34.1 Å².